The smallest absolute Gasteiger partial charge is 0.267 e. The highest BCUT2D eigenvalue weighted by Crippen LogP contribution is 2.35. The van der Waals surface area contributed by atoms with Crippen molar-refractivity contribution in [2.24, 2.45) is 4.99 Å². The monoisotopic (exact) mass is 394 g/mol. The van der Waals surface area contributed by atoms with E-state index in [0.29, 0.717) is 27.4 Å². The van der Waals surface area contributed by atoms with Crippen LogP contribution < -0.4 is 0 Å². The molecule has 1 aromatic heterocycles. The Bertz CT molecular complexity index is 1010. The van der Waals surface area contributed by atoms with E-state index in [9.17, 15) is 4.79 Å². The van der Waals surface area contributed by atoms with E-state index in [1.54, 1.807) is 23.3 Å². The number of hydrogen-bond donors (Lipinski definition) is 0. The molecule has 0 atom stereocenters. The predicted molar refractivity (Wildman–Crippen MR) is 110 cm³/mol. The second-order valence-corrected chi connectivity index (χ2v) is 7.31. The molecule has 4 nitrogen and oxygen atoms in total. The molecule has 6 heteroatoms. The summed E-state index contributed by atoms with van der Waals surface area (Å²) in [5.74, 6) is 0.597. The maximum Gasteiger partial charge on any atom is 0.267 e. The van der Waals surface area contributed by atoms with Crippen molar-refractivity contribution >= 4 is 46.2 Å². The lowest BCUT2D eigenvalue weighted by Crippen LogP contribution is -2.28. The van der Waals surface area contributed by atoms with Crippen molar-refractivity contribution in [3.63, 3.8) is 0 Å². The van der Waals surface area contributed by atoms with Gasteiger partial charge in [-0.25, -0.2) is 4.99 Å². The van der Waals surface area contributed by atoms with E-state index in [2.05, 4.69) is 4.99 Å². The van der Waals surface area contributed by atoms with Gasteiger partial charge < -0.3 is 4.42 Å². The van der Waals surface area contributed by atoms with Crippen LogP contribution in [0.5, 0.6) is 0 Å². The van der Waals surface area contributed by atoms with Gasteiger partial charge in [0.05, 0.1) is 23.4 Å². The summed E-state index contributed by atoms with van der Waals surface area (Å²) < 4.78 is 5.42. The van der Waals surface area contributed by atoms with Crippen molar-refractivity contribution < 1.29 is 9.21 Å². The summed E-state index contributed by atoms with van der Waals surface area (Å²) in [5.41, 5.74) is 1.67. The standard InChI is InChI=1S/C21H15ClN2O2S/c22-16-7-4-6-15(12-16)13-19-20(25)24(14-18-10-5-11-26-18)21(27-19)23-17-8-2-1-3-9-17/h1-13H,14H2/b19-13-,23-21?. The summed E-state index contributed by atoms with van der Waals surface area (Å²) in [6.07, 6.45) is 3.43. The van der Waals surface area contributed by atoms with Crippen LogP contribution in [0.15, 0.2) is 87.3 Å². The zero-order chi connectivity index (χ0) is 18.6. The molecule has 1 fully saturated rings. The van der Waals surface area contributed by atoms with Crippen LogP contribution >= 0.6 is 23.4 Å². The van der Waals surface area contributed by atoms with Crippen LogP contribution in [0.25, 0.3) is 6.08 Å². The summed E-state index contributed by atoms with van der Waals surface area (Å²) in [5, 5.41) is 1.25. The third-order valence-electron chi connectivity index (χ3n) is 3.91. The molecule has 1 saturated heterocycles. The Hall–Kier alpha value is -2.76. The van der Waals surface area contributed by atoms with Gasteiger partial charge in [0.25, 0.3) is 5.91 Å². The molecule has 1 aliphatic heterocycles. The molecule has 0 spiro atoms. The highest BCUT2D eigenvalue weighted by atomic mass is 35.5. The van der Waals surface area contributed by atoms with Crippen molar-refractivity contribution in [3.8, 4) is 0 Å². The summed E-state index contributed by atoms with van der Waals surface area (Å²) in [7, 11) is 0. The fourth-order valence-electron chi connectivity index (χ4n) is 2.65. The van der Waals surface area contributed by atoms with Crippen molar-refractivity contribution in [2.75, 3.05) is 0 Å². The number of para-hydroxylation sites is 1. The summed E-state index contributed by atoms with van der Waals surface area (Å²) in [6.45, 7) is 0.331. The molecule has 0 N–H and O–H groups in total. The minimum Gasteiger partial charge on any atom is -0.467 e. The molecule has 2 heterocycles. The number of hydrogen-bond acceptors (Lipinski definition) is 4. The van der Waals surface area contributed by atoms with Gasteiger partial charge in [0.1, 0.15) is 5.76 Å². The number of aliphatic imine (C=N–C) groups is 1. The number of nitrogens with zero attached hydrogens (tertiary/aromatic N) is 2. The van der Waals surface area contributed by atoms with E-state index in [1.165, 1.54) is 11.8 Å². The van der Waals surface area contributed by atoms with E-state index < -0.39 is 0 Å². The number of halogens is 1. The Balaban J connectivity index is 1.69. The van der Waals surface area contributed by atoms with Crippen LogP contribution in [0.3, 0.4) is 0 Å². The number of rotatable bonds is 4. The number of benzene rings is 2. The van der Waals surface area contributed by atoms with Gasteiger partial charge in [0.2, 0.25) is 0 Å². The zero-order valence-electron chi connectivity index (χ0n) is 14.2. The number of amides is 1. The van der Waals surface area contributed by atoms with Crippen molar-refractivity contribution in [1.82, 2.24) is 4.90 Å². The largest absolute Gasteiger partial charge is 0.467 e. The third kappa shape index (κ3) is 4.15. The molecular weight excluding hydrogens is 380 g/mol. The third-order valence-corrected chi connectivity index (χ3v) is 5.15. The van der Waals surface area contributed by atoms with Crippen LogP contribution in [0.1, 0.15) is 11.3 Å². The molecule has 0 bridgehead atoms. The lowest BCUT2D eigenvalue weighted by atomic mass is 10.2. The van der Waals surface area contributed by atoms with Gasteiger partial charge in [-0.15, -0.1) is 0 Å². The van der Waals surface area contributed by atoms with Crippen LogP contribution in [0.2, 0.25) is 5.02 Å². The van der Waals surface area contributed by atoms with Gasteiger partial charge >= 0.3 is 0 Å². The number of carbonyl (C=O) groups excluding carboxylic acids is 1. The molecule has 0 unspecified atom stereocenters. The van der Waals surface area contributed by atoms with Crippen LogP contribution in [-0.4, -0.2) is 16.0 Å². The fourth-order valence-corrected chi connectivity index (χ4v) is 3.85. The first-order chi connectivity index (χ1) is 13.2. The molecule has 134 valence electrons. The molecule has 4 rings (SSSR count). The SMILES string of the molecule is O=C1/C(=C/c2cccc(Cl)c2)SC(=Nc2ccccc2)N1Cc1ccco1. The second kappa shape index (κ2) is 7.86. The van der Waals surface area contributed by atoms with E-state index in [4.69, 9.17) is 16.0 Å². The van der Waals surface area contributed by atoms with Crippen molar-refractivity contribution in [1.29, 1.82) is 0 Å². The van der Waals surface area contributed by atoms with Crippen molar-refractivity contribution in [3.05, 3.63) is 94.2 Å². The molecule has 0 radical (unpaired) electrons. The maximum absolute atomic E-state index is 13.0. The van der Waals surface area contributed by atoms with Gasteiger partial charge in [-0.1, -0.05) is 41.9 Å². The van der Waals surface area contributed by atoms with E-state index in [0.717, 1.165) is 11.3 Å². The lowest BCUT2D eigenvalue weighted by Gasteiger charge is -2.13. The Morgan fingerprint density at radius 2 is 1.93 bits per heavy atom. The fraction of sp³-hybridized carbons (Fsp3) is 0.0476. The average molecular weight is 395 g/mol. The molecule has 0 aliphatic carbocycles. The van der Waals surface area contributed by atoms with Crippen LogP contribution in [-0.2, 0) is 11.3 Å². The van der Waals surface area contributed by atoms with E-state index in [-0.39, 0.29) is 5.91 Å². The molecular formula is C21H15ClN2O2S. The first kappa shape index (κ1) is 17.6. The average Bonchev–Trinajstić information content (AvgIpc) is 3.27. The first-order valence-electron chi connectivity index (χ1n) is 8.32. The quantitative estimate of drug-likeness (QED) is 0.530. The van der Waals surface area contributed by atoms with Gasteiger partial charge in [0.15, 0.2) is 5.17 Å². The first-order valence-corrected chi connectivity index (χ1v) is 9.51. The second-order valence-electron chi connectivity index (χ2n) is 5.87. The van der Waals surface area contributed by atoms with Gasteiger partial charge in [-0.2, -0.15) is 0 Å². The number of amidine groups is 1. The minimum absolute atomic E-state index is 0.106. The Morgan fingerprint density at radius 1 is 1.07 bits per heavy atom. The topological polar surface area (TPSA) is 45.8 Å². The highest BCUT2D eigenvalue weighted by molar-refractivity contribution is 8.18. The Labute approximate surface area is 166 Å². The Morgan fingerprint density at radius 3 is 2.67 bits per heavy atom. The molecule has 27 heavy (non-hydrogen) atoms. The summed E-state index contributed by atoms with van der Waals surface area (Å²) >= 11 is 7.41. The molecule has 1 amide bonds. The van der Waals surface area contributed by atoms with E-state index in [1.807, 2.05) is 60.7 Å². The van der Waals surface area contributed by atoms with Gasteiger partial charge in [-0.3, -0.25) is 9.69 Å². The molecule has 3 aromatic rings. The van der Waals surface area contributed by atoms with Crippen molar-refractivity contribution in [2.45, 2.75) is 6.54 Å². The van der Waals surface area contributed by atoms with Crippen LogP contribution in [0, 0.1) is 0 Å². The van der Waals surface area contributed by atoms with E-state index >= 15 is 0 Å². The maximum atomic E-state index is 13.0. The lowest BCUT2D eigenvalue weighted by molar-refractivity contribution is -0.122. The molecule has 0 saturated carbocycles. The van der Waals surface area contributed by atoms with Crippen LogP contribution in [0.4, 0.5) is 5.69 Å². The molecule has 1 aliphatic rings. The minimum atomic E-state index is -0.106. The normalized spacial score (nSPS) is 17.2. The number of furan rings is 1. The van der Waals surface area contributed by atoms with Gasteiger partial charge in [0, 0.05) is 5.02 Å². The summed E-state index contributed by atoms with van der Waals surface area (Å²) in [4.78, 5) is 19.9. The number of carbonyl (C=O) groups is 1. The Kier molecular flexibility index (Phi) is 5.14. The van der Waals surface area contributed by atoms with Gasteiger partial charge in [-0.05, 0) is 59.8 Å². The zero-order valence-corrected chi connectivity index (χ0v) is 15.8. The highest BCUT2D eigenvalue weighted by Gasteiger charge is 2.34. The summed E-state index contributed by atoms with van der Waals surface area (Å²) in [6, 6.07) is 20.6. The molecule has 2 aromatic carbocycles. The predicted octanol–water partition coefficient (Wildman–Crippen LogP) is 5.74. The number of thioether (sulfide) groups is 1.